The lowest BCUT2D eigenvalue weighted by Crippen LogP contribution is -2.43. The fourth-order valence-electron chi connectivity index (χ4n) is 1.67. The second kappa shape index (κ2) is 6.93. The quantitative estimate of drug-likeness (QED) is 0.715. The molecular formula is C12H20N2O3. The summed E-state index contributed by atoms with van der Waals surface area (Å²) in [5.74, 6) is -0.597. The van der Waals surface area contributed by atoms with E-state index in [1.54, 1.807) is 4.90 Å². The van der Waals surface area contributed by atoms with Gasteiger partial charge in [-0.05, 0) is 18.8 Å². The number of carbonyl (C=O) groups is 2. The minimum Gasteiger partial charge on any atom is -0.481 e. The molecular weight excluding hydrogens is 220 g/mol. The molecule has 1 rings (SSSR count). The van der Waals surface area contributed by atoms with Gasteiger partial charge in [-0.15, -0.1) is 0 Å². The standard InChI is InChI=1S/C12H20N2O3/c1-10(5-6-11(15)16)9-13-12(17)14-7-3-2-4-8-14/h2-3,10H,4-9H2,1H3,(H,13,17)(H,15,16). The normalized spacial score (nSPS) is 16.6. The van der Waals surface area contributed by atoms with Gasteiger partial charge in [-0.25, -0.2) is 4.79 Å². The lowest BCUT2D eigenvalue weighted by Gasteiger charge is -2.24. The number of rotatable bonds is 5. The van der Waals surface area contributed by atoms with E-state index in [-0.39, 0.29) is 18.4 Å². The molecule has 5 nitrogen and oxygen atoms in total. The van der Waals surface area contributed by atoms with Gasteiger partial charge >= 0.3 is 12.0 Å². The Labute approximate surface area is 101 Å². The van der Waals surface area contributed by atoms with Crippen LogP contribution in [0, 0.1) is 5.92 Å². The molecule has 1 aliphatic heterocycles. The number of aliphatic carboxylic acids is 1. The van der Waals surface area contributed by atoms with E-state index < -0.39 is 5.97 Å². The van der Waals surface area contributed by atoms with Crippen LogP contribution in [0.5, 0.6) is 0 Å². The van der Waals surface area contributed by atoms with Gasteiger partial charge in [-0.1, -0.05) is 19.1 Å². The number of urea groups is 1. The van der Waals surface area contributed by atoms with E-state index >= 15 is 0 Å². The molecule has 0 radical (unpaired) electrons. The molecule has 0 spiro atoms. The third-order valence-corrected chi connectivity index (χ3v) is 2.80. The van der Waals surface area contributed by atoms with Crippen molar-refractivity contribution in [3.05, 3.63) is 12.2 Å². The Kier molecular flexibility index (Phi) is 5.52. The molecule has 1 unspecified atom stereocenters. The van der Waals surface area contributed by atoms with Crippen LogP contribution in [-0.4, -0.2) is 41.6 Å². The third-order valence-electron chi connectivity index (χ3n) is 2.80. The first-order chi connectivity index (χ1) is 8.09. The molecule has 0 fully saturated rings. The maximum Gasteiger partial charge on any atom is 0.317 e. The second-order valence-corrected chi connectivity index (χ2v) is 4.43. The van der Waals surface area contributed by atoms with E-state index in [1.807, 2.05) is 13.0 Å². The van der Waals surface area contributed by atoms with Crippen molar-refractivity contribution in [2.75, 3.05) is 19.6 Å². The molecule has 0 bridgehead atoms. The van der Waals surface area contributed by atoms with E-state index in [9.17, 15) is 9.59 Å². The molecule has 0 aromatic heterocycles. The van der Waals surface area contributed by atoms with Crippen LogP contribution < -0.4 is 5.32 Å². The first kappa shape index (κ1) is 13.5. The fraction of sp³-hybridized carbons (Fsp3) is 0.667. The maximum atomic E-state index is 11.7. The smallest absolute Gasteiger partial charge is 0.317 e. The molecule has 0 aromatic rings. The number of nitrogens with zero attached hydrogens (tertiary/aromatic N) is 1. The highest BCUT2D eigenvalue weighted by Gasteiger charge is 2.14. The Balaban J connectivity index is 2.18. The van der Waals surface area contributed by atoms with E-state index in [2.05, 4.69) is 11.4 Å². The zero-order valence-electron chi connectivity index (χ0n) is 10.2. The molecule has 1 heterocycles. The molecule has 0 saturated heterocycles. The molecule has 96 valence electrons. The van der Waals surface area contributed by atoms with Crippen LogP contribution in [0.1, 0.15) is 26.2 Å². The summed E-state index contributed by atoms with van der Waals surface area (Å²) in [4.78, 5) is 23.8. The van der Waals surface area contributed by atoms with Crippen LogP contribution in [0.3, 0.4) is 0 Å². The van der Waals surface area contributed by atoms with Crippen molar-refractivity contribution in [3.8, 4) is 0 Å². The summed E-state index contributed by atoms with van der Waals surface area (Å²) < 4.78 is 0. The average molecular weight is 240 g/mol. The predicted octanol–water partition coefficient (Wildman–Crippen LogP) is 1.46. The number of amides is 2. The predicted molar refractivity (Wildman–Crippen MR) is 64.8 cm³/mol. The van der Waals surface area contributed by atoms with E-state index in [0.29, 0.717) is 19.5 Å². The number of carboxylic acids is 1. The molecule has 2 amide bonds. The lowest BCUT2D eigenvalue weighted by atomic mass is 10.1. The Morgan fingerprint density at radius 3 is 2.82 bits per heavy atom. The van der Waals surface area contributed by atoms with Crippen LogP contribution >= 0.6 is 0 Å². The van der Waals surface area contributed by atoms with Gasteiger partial charge in [0.2, 0.25) is 0 Å². The molecule has 1 aliphatic rings. The number of carbonyl (C=O) groups excluding carboxylic acids is 1. The highest BCUT2D eigenvalue weighted by Crippen LogP contribution is 2.05. The van der Waals surface area contributed by atoms with Crippen molar-refractivity contribution in [1.29, 1.82) is 0 Å². The number of hydrogen-bond acceptors (Lipinski definition) is 2. The summed E-state index contributed by atoms with van der Waals surface area (Å²) in [5.41, 5.74) is 0. The minimum absolute atomic E-state index is 0.0588. The van der Waals surface area contributed by atoms with Crippen LogP contribution in [0.2, 0.25) is 0 Å². The van der Waals surface area contributed by atoms with Gasteiger partial charge in [0.1, 0.15) is 0 Å². The van der Waals surface area contributed by atoms with Crippen LogP contribution in [0.15, 0.2) is 12.2 Å². The summed E-state index contributed by atoms with van der Waals surface area (Å²) in [6, 6.07) is -0.0588. The fourth-order valence-corrected chi connectivity index (χ4v) is 1.67. The number of nitrogens with one attached hydrogen (secondary N) is 1. The zero-order valence-corrected chi connectivity index (χ0v) is 10.2. The summed E-state index contributed by atoms with van der Waals surface area (Å²) >= 11 is 0. The maximum absolute atomic E-state index is 11.7. The lowest BCUT2D eigenvalue weighted by molar-refractivity contribution is -0.137. The number of hydrogen-bond donors (Lipinski definition) is 2. The minimum atomic E-state index is -0.788. The third kappa shape index (κ3) is 5.38. The molecule has 0 saturated carbocycles. The van der Waals surface area contributed by atoms with Crippen molar-refractivity contribution in [2.45, 2.75) is 26.2 Å². The van der Waals surface area contributed by atoms with Crippen molar-refractivity contribution in [1.82, 2.24) is 10.2 Å². The van der Waals surface area contributed by atoms with Crippen molar-refractivity contribution < 1.29 is 14.7 Å². The summed E-state index contributed by atoms with van der Waals surface area (Å²) in [7, 11) is 0. The van der Waals surface area contributed by atoms with Crippen LogP contribution in [0.4, 0.5) is 4.79 Å². The van der Waals surface area contributed by atoms with Crippen molar-refractivity contribution >= 4 is 12.0 Å². The molecule has 17 heavy (non-hydrogen) atoms. The Bertz CT molecular complexity index is 302. The Hall–Kier alpha value is -1.52. The second-order valence-electron chi connectivity index (χ2n) is 4.43. The zero-order chi connectivity index (χ0) is 12.7. The average Bonchev–Trinajstić information content (AvgIpc) is 2.34. The van der Waals surface area contributed by atoms with Gasteiger partial charge in [-0.2, -0.15) is 0 Å². The van der Waals surface area contributed by atoms with Gasteiger partial charge < -0.3 is 15.3 Å². The monoisotopic (exact) mass is 240 g/mol. The van der Waals surface area contributed by atoms with Gasteiger partial charge in [0.05, 0.1) is 0 Å². The van der Waals surface area contributed by atoms with E-state index in [4.69, 9.17) is 5.11 Å². The van der Waals surface area contributed by atoms with Crippen molar-refractivity contribution in [2.24, 2.45) is 5.92 Å². The Morgan fingerprint density at radius 2 is 2.24 bits per heavy atom. The molecule has 1 atom stereocenters. The van der Waals surface area contributed by atoms with Crippen molar-refractivity contribution in [3.63, 3.8) is 0 Å². The van der Waals surface area contributed by atoms with Crippen LogP contribution in [-0.2, 0) is 4.79 Å². The molecule has 2 N–H and O–H groups in total. The number of carboxylic acid groups (broad SMARTS) is 1. The molecule has 5 heteroatoms. The van der Waals surface area contributed by atoms with Gasteiger partial charge in [0.25, 0.3) is 0 Å². The highest BCUT2D eigenvalue weighted by molar-refractivity contribution is 5.74. The van der Waals surface area contributed by atoms with E-state index in [0.717, 1.165) is 13.0 Å². The van der Waals surface area contributed by atoms with Crippen LogP contribution in [0.25, 0.3) is 0 Å². The largest absolute Gasteiger partial charge is 0.481 e. The van der Waals surface area contributed by atoms with Gasteiger partial charge in [0, 0.05) is 26.1 Å². The Morgan fingerprint density at radius 1 is 1.47 bits per heavy atom. The highest BCUT2D eigenvalue weighted by atomic mass is 16.4. The summed E-state index contributed by atoms with van der Waals surface area (Å²) in [5, 5.41) is 11.4. The summed E-state index contributed by atoms with van der Waals surface area (Å²) in [6.07, 6.45) is 5.71. The topological polar surface area (TPSA) is 69.6 Å². The molecule has 0 aromatic carbocycles. The van der Waals surface area contributed by atoms with E-state index in [1.165, 1.54) is 0 Å². The first-order valence-electron chi connectivity index (χ1n) is 5.99. The SMILES string of the molecule is CC(CCC(=O)O)CNC(=O)N1CC=CCC1. The summed E-state index contributed by atoms with van der Waals surface area (Å²) in [6.45, 7) is 3.90. The molecule has 0 aliphatic carbocycles. The van der Waals surface area contributed by atoms with Gasteiger partial charge in [0.15, 0.2) is 0 Å². The first-order valence-corrected chi connectivity index (χ1v) is 5.99. The van der Waals surface area contributed by atoms with Gasteiger partial charge in [-0.3, -0.25) is 4.79 Å².